The number of nitrogens with one attached hydrogen (secondary N) is 1. The van der Waals surface area contributed by atoms with Crippen LogP contribution in [0.1, 0.15) is 22.7 Å². The molecule has 1 atom stereocenters. The van der Waals surface area contributed by atoms with Gasteiger partial charge < -0.3 is 5.32 Å². The van der Waals surface area contributed by atoms with Gasteiger partial charge in [0.2, 0.25) is 5.95 Å². The molecule has 0 bridgehead atoms. The standard InChI is InChI=1S/C18H15ClN4/c1-12-4-2-3-5-15(12)17-10-16(13-6-8-14(19)9-7-13)22-18-20-11-21-23(17)18/h2-11,17H,1H3,(H,20,21,22)/t17-/m0/s1. The zero-order chi connectivity index (χ0) is 15.8. The fourth-order valence-corrected chi connectivity index (χ4v) is 3.00. The molecular weight excluding hydrogens is 308 g/mol. The van der Waals surface area contributed by atoms with Crippen molar-refractivity contribution in [1.82, 2.24) is 14.8 Å². The molecule has 0 saturated carbocycles. The van der Waals surface area contributed by atoms with E-state index < -0.39 is 0 Å². The van der Waals surface area contributed by atoms with Crippen molar-refractivity contribution in [1.29, 1.82) is 0 Å². The number of hydrogen-bond acceptors (Lipinski definition) is 3. The summed E-state index contributed by atoms with van der Waals surface area (Å²) in [5.41, 5.74) is 4.53. The minimum Gasteiger partial charge on any atom is -0.324 e. The predicted octanol–water partition coefficient (Wildman–Crippen LogP) is 4.30. The first-order valence-electron chi connectivity index (χ1n) is 7.42. The molecule has 5 heteroatoms. The number of anilines is 1. The lowest BCUT2D eigenvalue weighted by atomic mass is 9.98. The molecule has 3 aromatic rings. The molecule has 0 saturated heterocycles. The summed E-state index contributed by atoms with van der Waals surface area (Å²) in [6.45, 7) is 2.11. The second-order valence-corrected chi connectivity index (χ2v) is 5.98. The Kier molecular flexibility index (Phi) is 3.39. The maximum atomic E-state index is 5.99. The number of nitrogens with zero attached hydrogens (tertiary/aromatic N) is 3. The number of aromatic nitrogens is 3. The largest absolute Gasteiger partial charge is 0.324 e. The van der Waals surface area contributed by atoms with Crippen LogP contribution in [0.3, 0.4) is 0 Å². The van der Waals surface area contributed by atoms with E-state index in [1.165, 1.54) is 11.1 Å². The Morgan fingerprint density at radius 1 is 1.09 bits per heavy atom. The van der Waals surface area contributed by atoms with Gasteiger partial charge in [-0.25, -0.2) is 4.68 Å². The second kappa shape index (κ2) is 5.56. The Morgan fingerprint density at radius 2 is 1.87 bits per heavy atom. The molecule has 1 aliphatic heterocycles. The zero-order valence-corrected chi connectivity index (χ0v) is 13.3. The molecule has 4 rings (SSSR count). The Morgan fingerprint density at radius 3 is 2.65 bits per heavy atom. The Labute approximate surface area is 139 Å². The first kappa shape index (κ1) is 14.0. The van der Waals surface area contributed by atoms with E-state index in [9.17, 15) is 0 Å². The molecule has 0 aliphatic carbocycles. The summed E-state index contributed by atoms with van der Waals surface area (Å²) < 4.78 is 1.90. The third-order valence-corrected chi connectivity index (χ3v) is 4.32. The fraction of sp³-hybridized carbons (Fsp3) is 0.111. The average Bonchev–Trinajstić information content (AvgIpc) is 3.04. The summed E-state index contributed by atoms with van der Waals surface area (Å²) in [5, 5.41) is 8.44. The summed E-state index contributed by atoms with van der Waals surface area (Å²) in [6.07, 6.45) is 3.75. The summed E-state index contributed by atoms with van der Waals surface area (Å²) in [7, 11) is 0. The van der Waals surface area contributed by atoms with Gasteiger partial charge in [0.15, 0.2) is 0 Å². The Balaban J connectivity index is 1.83. The van der Waals surface area contributed by atoms with E-state index in [4.69, 9.17) is 11.6 Å². The van der Waals surface area contributed by atoms with Crippen molar-refractivity contribution >= 4 is 23.2 Å². The van der Waals surface area contributed by atoms with Crippen LogP contribution >= 0.6 is 11.6 Å². The molecule has 1 N–H and O–H groups in total. The second-order valence-electron chi connectivity index (χ2n) is 5.54. The zero-order valence-electron chi connectivity index (χ0n) is 12.6. The first-order valence-corrected chi connectivity index (χ1v) is 7.80. The van der Waals surface area contributed by atoms with Crippen LogP contribution in [-0.4, -0.2) is 14.8 Å². The van der Waals surface area contributed by atoms with Gasteiger partial charge in [-0.1, -0.05) is 48.0 Å². The van der Waals surface area contributed by atoms with Crippen molar-refractivity contribution in [2.75, 3.05) is 5.32 Å². The highest BCUT2D eigenvalue weighted by atomic mass is 35.5. The smallest absolute Gasteiger partial charge is 0.226 e. The number of benzene rings is 2. The number of rotatable bonds is 2. The molecular formula is C18H15ClN4. The maximum Gasteiger partial charge on any atom is 0.226 e. The van der Waals surface area contributed by atoms with Crippen LogP contribution in [0.5, 0.6) is 0 Å². The van der Waals surface area contributed by atoms with Crippen molar-refractivity contribution in [3.63, 3.8) is 0 Å². The van der Waals surface area contributed by atoms with Crippen LogP contribution in [0.2, 0.25) is 5.02 Å². The maximum absolute atomic E-state index is 5.99. The van der Waals surface area contributed by atoms with Crippen molar-refractivity contribution in [3.05, 3.63) is 82.6 Å². The Hall–Kier alpha value is -2.59. The number of fused-ring (bicyclic) bond motifs is 1. The third-order valence-electron chi connectivity index (χ3n) is 4.07. The highest BCUT2D eigenvalue weighted by Gasteiger charge is 2.24. The van der Waals surface area contributed by atoms with Gasteiger partial charge in [0, 0.05) is 10.7 Å². The molecule has 0 amide bonds. The van der Waals surface area contributed by atoms with Crippen molar-refractivity contribution < 1.29 is 0 Å². The highest BCUT2D eigenvalue weighted by molar-refractivity contribution is 6.30. The molecule has 2 aromatic carbocycles. The van der Waals surface area contributed by atoms with Crippen LogP contribution < -0.4 is 5.32 Å². The molecule has 0 fully saturated rings. The van der Waals surface area contributed by atoms with Gasteiger partial charge in [-0.3, -0.25) is 0 Å². The van der Waals surface area contributed by atoms with Crippen LogP contribution in [-0.2, 0) is 0 Å². The fourth-order valence-electron chi connectivity index (χ4n) is 2.87. The number of aryl methyl sites for hydroxylation is 1. The van der Waals surface area contributed by atoms with Gasteiger partial charge in [-0.2, -0.15) is 10.1 Å². The summed E-state index contributed by atoms with van der Waals surface area (Å²) >= 11 is 5.99. The molecule has 4 nitrogen and oxygen atoms in total. The van der Waals surface area contributed by atoms with Crippen molar-refractivity contribution in [2.24, 2.45) is 0 Å². The third kappa shape index (κ3) is 2.51. The van der Waals surface area contributed by atoms with Crippen molar-refractivity contribution in [2.45, 2.75) is 13.0 Å². The van der Waals surface area contributed by atoms with E-state index in [0.29, 0.717) is 0 Å². The molecule has 23 heavy (non-hydrogen) atoms. The molecule has 0 unspecified atom stereocenters. The average molecular weight is 323 g/mol. The van der Waals surface area contributed by atoms with E-state index in [-0.39, 0.29) is 6.04 Å². The van der Waals surface area contributed by atoms with Gasteiger partial charge in [-0.15, -0.1) is 0 Å². The molecule has 2 heterocycles. The monoisotopic (exact) mass is 322 g/mol. The van der Waals surface area contributed by atoms with E-state index in [2.05, 4.69) is 46.6 Å². The number of hydrogen-bond donors (Lipinski definition) is 1. The first-order chi connectivity index (χ1) is 11.2. The van der Waals surface area contributed by atoms with Gasteiger partial charge >= 0.3 is 0 Å². The van der Waals surface area contributed by atoms with E-state index in [0.717, 1.165) is 22.2 Å². The minimum atomic E-state index is 0.0145. The highest BCUT2D eigenvalue weighted by Crippen LogP contribution is 2.33. The lowest BCUT2D eigenvalue weighted by molar-refractivity contribution is 0.609. The van der Waals surface area contributed by atoms with Crippen LogP contribution in [0.25, 0.3) is 5.70 Å². The summed E-state index contributed by atoms with van der Waals surface area (Å²) in [5.74, 6) is 0.741. The molecule has 1 aliphatic rings. The van der Waals surface area contributed by atoms with Gasteiger partial charge in [0.05, 0.1) is 0 Å². The minimum absolute atomic E-state index is 0.0145. The lowest BCUT2D eigenvalue weighted by Crippen LogP contribution is -2.20. The van der Waals surface area contributed by atoms with E-state index in [1.807, 2.05) is 35.0 Å². The SMILES string of the molecule is Cc1ccccc1[C@@H]1C=C(c2ccc(Cl)cc2)Nc2ncnn21. The number of halogens is 1. The summed E-state index contributed by atoms with van der Waals surface area (Å²) in [6, 6.07) is 16.1. The number of allylic oxidation sites excluding steroid dienone is 1. The normalized spacial score (nSPS) is 16.4. The summed E-state index contributed by atoms with van der Waals surface area (Å²) in [4.78, 5) is 4.33. The van der Waals surface area contributed by atoms with E-state index in [1.54, 1.807) is 6.33 Å². The quantitative estimate of drug-likeness (QED) is 0.765. The van der Waals surface area contributed by atoms with Gasteiger partial charge in [-0.05, 0) is 41.8 Å². The van der Waals surface area contributed by atoms with Crippen molar-refractivity contribution in [3.8, 4) is 0 Å². The predicted molar refractivity (Wildman–Crippen MR) is 92.4 cm³/mol. The topological polar surface area (TPSA) is 42.7 Å². The van der Waals surface area contributed by atoms with Crippen LogP contribution in [0.4, 0.5) is 5.95 Å². The van der Waals surface area contributed by atoms with E-state index >= 15 is 0 Å². The lowest BCUT2D eigenvalue weighted by Gasteiger charge is -2.25. The molecule has 0 radical (unpaired) electrons. The van der Waals surface area contributed by atoms with Gasteiger partial charge in [0.1, 0.15) is 12.4 Å². The molecule has 1 aromatic heterocycles. The molecule has 0 spiro atoms. The van der Waals surface area contributed by atoms with Crippen LogP contribution in [0.15, 0.2) is 60.9 Å². The molecule has 114 valence electrons. The van der Waals surface area contributed by atoms with Gasteiger partial charge in [0.25, 0.3) is 0 Å². The Bertz CT molecular complexity index is 880. The van der Waals surface area contributed by atoms with Crippen LogP contribution in [0, 0.1) is 6.92 Å².